The molecule has 4 heteroatoms. The number of nitrogens with zero attached hydrogens (tertiary/aromatic N) is 1. The molecule has 0 saturated carbocycles. The highest BCUT2D eigenvalue weighted by Crippen LogP contribution is 2.36. The lowest BCUT2D eigenvalue weighted by molar-refractivity contribution is -0.134. The van der Waals surface area contributed by atoms with Gasteiger partial charge in [0.2, 0.25) is 0 Å². The molecule has 0 bridgehead atoms. The van der Waals surface area contributed by atoms with Gasteiger partial charge in [-0.15, -0.1) is 11.8 Å². The van der Waals surface area contributed by atoms with Crippen LogP contribution in [-0.2, 0) is 9.53 Å². The van der Waals surface area contributed by atoms with Gasteiger partial charge in [0.15, 0.2) is 5.71 Å². The van der Waals surface area contributed by atoms with Crippen molar-refractivity contribution in [2.75, 3.05) is 12.9 Å². The molecule has 0 amide bonds. The summed E-state index contributed by atoms with van der Waals surface area (Å²) in [6.07, 6.45) is 2.02. The number of thioether (sulfide) groups is 1. The molecule has 0 aliphatic carbocycles. The van der Waals surface area contributed by atoms with Gasteiger partial charge in [0.25, 0.3) is 0 Å². The van der Waals surface area contributed by atoms with Crippen LogP contribution in [-0.4, -0.2) is 24.5 Å². The van der Waals surface area contributed by atoms with E-state index in [2.05, 4.69) is 4.99 Å². The van der Waals surface area contributed by atoms with Gasteiger partial charge in [-0.1, -0.05) is 18.2 Å². The normalized spacial score (nSPS) is 17.9. The van der Waals surface area contributed by atoms with E-state index in [9.17, 15) is 4.79 Å². The summed E-state index contributed by atoms with van der Waals surface area (Å²) in [7, 11) is 0. The van der Waals surface area contributed by atoms with Crippen molar-refractivity contribution in [3.8, 4) is 0 Å². The number of benzene rings is 1. The molecule has 1 aliphatic heterocycles. The van der Waals surface area contributed by atoms with E-state index >= 15 is 0 Å². The summed E-state index contributed by atoms with van der Waals surface area (Å²) in [6, 6.07) is 7.92. The SMILES string of the molecule is CCOC(=O)C1=NC1c1ccccc1SC. The number of ether oxygens (including phenoxy) is 1. The van der Waals surface area contributed by atoms with Crippen molar-refractivity contribution in [1.29, 1.82) is 0 Å². The lowest BCUT2D eigenvalue weighted by Crippen LogP contribution is -2.11. The average Bonchev–Trinajstić information content (AvgIpc) is 3.09. The quantitative estimate of drug-likeness (QED) is 0.594. The van der Waals surface area contributed by atoms with Crippen LogP contribution in [0.4, 0.5) is 0 Å². The summed E-state index contributed by atoms with van der Waals surface area (Å²) in [4.78, 5) is 16.8. The van der Waals surface area contributed by atoms with Crippen LogP contribution >= 0.6 is 11.8 Å². The van der Waals surface area contributed by atoms with Crippen LogP contribution in [0.15, 0.2) is 34.2 Å². The van der Waals surface area contributed by atoms with E-state index < -0.39 is 0 Å². The Morgan fingerprint density at radius 3 is 2.94 bits per heavy atom. The zero-order valence-corrected chi connectivity index (χ0v) is 10.1. The number of hydrogen-bond acceptors (Lipinski definition) is 4. The largest absolute Gasteiger partial charge is 0.461 e. The van der Waals surface area contributed by atoms with Crippen LogP contribution in [0.5, 0.6) is 0 Å². The maximum Gasteiger partial charge on any atom is 0.354 e. The molecule has 0 spiro atoms. The zero-order valence-electron chi connectivity index (χ0n) is 9.27. The second kappa shape index (κ2) is 4.70. The van der Waals surface area contributed by atoms with Gasteiger partial charge < -0.3 is 4.74 Å². The van der Waals surface area contributed by atoms with Gasteiger partial charge in [-0.25, -0.2) is 4.79 Å². The Morgan fingerprint density at radius 1 is 1.50 bits per heavy atom. The van der Waals surface area contributed by atoms with Crippen molar-refractivity contribution in [2.45, 2.75) is 17.9 Å². The smallest absolute Gasteiger partial charge is 0.354 e. The number of carbonyl (C=O) groups excluding carboxylic acids is 1. The predicted molar refractivity (Wildman–Crippen MR) is 65.0 cm³/mol. The molecular weight excluding hydrogens is 222 g/mol. The molecule has 84 valence electrons. The molecule has 0 radical (unpaired) electrons. The molecule has 1 heterocycles. The minimum Gasteiger partial charge on any atom is -0.461 e. The van der Waals surface area contributed by atoms with Gasteiger partial charge in [-0.05, 0) is 24.8 Å². The van der Waals surface area contributed by atoms with Crippen LogP contribution in [0.3, 0.4) is 0 Å². The second-order valence-electron chi connectivity index (χ2n) is 3.38. The van der Waals surface area contributed by atoms with Crippen LogP contribution < -0.4 is 0 Å². The first-order valence-electron chi connectivity index (χ1n) is 5.15. The summed E-state index contributed by atoms with van der Waals surface area (Å²) in [5.74, 6) is -0.289. The highest BCUT2D eigenvalue weighted by molar-refractivity contribution is 7.98. The lowest BCUT2D eigenvalue weighted by atomic mass is 10.1. The Bertz CT molecular complexity index is 442. The molecule has 2 rings (SSSR count). The van der Waals surface area contributed by atoms with E-state index in [0.29, 0.717) is 12.3 Å². The van der Waals surface area contributed by atoms with Crippen molar-refractivity contribution in [3.63, 3.8) is 0 Å². The van der Waals surface area contributed by atoms with Gasteiger partial charge >= 0.3 is 5.97 Å². The fourth-order valence-electron chi connectivity index (χ4n) is 1.58. The summed E-state index contributed by atoms with van der Waals surface area (Å²) < 4.78 is 4.91. The molecule has 1 unspecified atom stereocenters. The van der Waals surface area contributed by atoms with E-state index in [0.717, 1.165) is 10.5 Å². The molecule has 16 heavy (non-hydrogen) atoms. The van der Waals surface area contributed by atoms with Crippen molar-refractivity contribution in [1.82, 2.24) is 0 Å². The van der Waals surface area contributed by atoms with Crippen LogP contribution in [0, 0.1) is 0 Å². The third-order valence-corrected chi connectivity index (χ3v) is 3.19. The van der Waals surface area contributed by atoms with Gasteiger partial charge in [0, 0.05) is 4.90 Å². The van der Waals surface area contributed by atoms with Crippen LogP contribution in [0.2, 0.25) is 0 Å². The van der Waals surface area contributed by atoms with Crippen LogP contribution in [0.1, 0.15) is 18.5 Å². The molecule has 1 aromatic rings. The highest BCUT2D eigenvalue weighted by atomic mass is 32.2. The molecular formula is C12H13NO2S. The summed E-state index contributed by atoms with van der Waals surface area (Å²) in [5, 5.41) is 0. The maximum atomic E-state index is 11.4. The molecule has 0 saturated heterocycles. The predicted octanol–water partition coefficient (Wildman–Crippen LogP) is 2.47. The standard InChI is InChI=1S/C12H13NO2S/c1-3-15-12(14)11-10(13-11)8-6-4-5-7-9(8)16-2/h4-7,10H,3H2,1-2H3. The van der Waals surface area contributed by atoms with Crippen molar-refractivity contribution in [3.05, 3.63) is 29.8 Å². The topological polar surface area (TPSA) is 38.7 Å². The minimum absolute atomic E-state index is 0.0808. The average molecular weight is 235 g/mol. The number of rotatable bonds is 4. The number of esters is 1. The molecule has 0 aromatic heterocycles. The summed E-state index contributed by atoms with van der Waals surface area (Å²) in [6.45, 7) is 2.19. The van der Waals surface area contributed by atoms with E-state index in [4.69, 9.17) is 4.74 Å². The van der Waals surface area contributed by atoms with Crippen molar-refractivity contribution in [2.24, 2.45) is 4.99 Å². The number of hydrogen-bond donors (Lipinski definition) is 0. The summed E-state index contributed by atoms with van der Waals surface area (Å²) >= 11 is 1.67. The Kier molecular flexibility index (Phi) is 3.29. The van der Waals surface area contributed by atoms with Gasteiger partial charge in [-0.2, -0.15) is 0 Å². The van der Waals surface area contributed by atoms with Gasteiger partial charge in [0.05, 0.1) is 6.61 Å². The summed E-state index contributed by atoms with van der Waals surface area (Å²) in [5.41, 5.74) is 1.64. The number of aliphatic imine (C=N–C) groups is 1. The first-order valence-corrected chi connectivity index (χ1v) is 6.38. The lowest BCUT2D eigenvalue weighted by Gasteiger charge is -2.04. The highest BCUT2D eigenvalue weighted by Gasteiger charge is 2.37. The van der Waals surface area contributed by atoms with E-state index in [1.807, 2.05) is 30.5 Å². The Balaban J connectivity index is 2.10. The molecule has 1 aliphatic rings. The monoisotopic (exact) mass is 235 g/mol. The van der Waals surface area contributed by atoms with Crippen molar-refractivity contribution >= 4 is 23.4 Å². The third-order valence-electron chi connectivity index (χ3n) is 2.38. The van der Waals surface area contributed by atoms with E-state index in [1.54, 1.807) is 18.7 Å². The molecule has 3 nitrogen and oxygen atoms in total. The molecule has 0 N–H and O–H groups in total. The minimum atomic E-state index is -0.289. The Morgan fingerprint density at radius 2 is 2.25 bits per heavy atom. The molecule has 1 atom stereocenters. The second-order valence-corrected chi connectivity index (χ2v) is 4.23. The zero-order chi connectivity index (χ0) is 11.5. The molecule has 1 aromatic carbocycles. The molecule has 0 fully saturated rings. The Hall–Kier alpha value is -1.29. The van der Waals surface area contributed by atoms with Gasteiger partial charge in [-0.3, -0.25) is 4.99 Å². The van der Waals surface area contributed by atoms with E-state index in [-0.39, 0.29) is 12.0 Å². The van der Waals surface area contributed by atoms with Crippen LogP contribution in [0.25, 0.3) is 0 Å². The maximum absolute atomic E-state index is 11.4. The third kappa shape index (κ3) is 2.11. The first-order chi connectivity index (χ1) is 7.77. The van der Waals surface area contributed by atoms with Gasteiger partial charge in [0.1, 0.15) is 6.04 Å². The number of carbonyl (C=O) groups is 1. The van der Waals surface area contributed by atoms with Crippen molar-refractivity contribution < 1.29 is 9.53 Å². The first kappa shape index (κ1) is 11.2. The fourth-order valence-corrected chi connectivity index (χ4v) is 2.21. The fraction of sp³-hybridized carbons (Fsp3) is 0.333. The van der Waals surface area contributed by atoms with E-state index in [1.165, 1.54) is 0 Å². The Labute approximate surface area is 98.9 Å².